The zero-order valence-corrected chi connectivity index (χ0v) is 12.0. The average molecular weight is 281 g/mol. The molecule has 20 heavy (non-hydrogen) atoms. The molecule has 1 aromatic rings. The first-order valence-corrected chi connectivity index (χ1v) is 6.75. The molecule has 0 spiro atoms. The van der Waals surface area contributed by atoms with Crippen molar-refractivity contribution >= 4 is 6.09 Å². The molecule has 2 rings (SSSR count). The van der Waals surface area contributed by atoms with Crippen molar-refractivity contribution in [1.82, 2.24) is 4.90 Å². The third-order valence-corrected chi connectivity index (χ3v) is 3.17. The van der Waals surface area contributed by atoms with E-state index in [1.165, 1.54) is 12.1 Å². The Morgan fingerprint density at radius 2 is 2.10 bits per heavy atom. The summed E-state index contributed by atoms with van der Waals surface area (Å²) >= 11 is 0. The van der Waals surface area contributed by atoms with Crippen molar-refractivity contribution in [2.24, 2.45) is 0 Å². The van der Waals surface area contributed by atoms with Gasteiger partial charge in [-0.3, -0.25) is 0 Å². The molecule has 0 radical (unpaired) electrons. The third kappa shape index (κ3) is 3.40. The molecule has 1 N–H and O–H groups in total. The number of halogens is 1. The van der Waals surface area contributed by atoms with Gasteiger partial charge in [-0.2, -0.15) is 0 Å². The summed E-state index contributed by atoms with van der Waals surface area (Å²) in [6, 6.07) is 3.66. The van der Waals surface area contributed by atoms with E-state index in [0.717, 1.165) is 18.9 Å². The number of aromatic hydroxyl groups is 1. The van der Waals surface area contributed by atoms with Crippen molar-refractivity contribution in [1.29, 1.82) is 0 Å². The lowest BCUT2D eigenvalue weighted by Gasteiger charge is -2.28. The Morgan fingerprint density at radius 1 is 1.40 bits per heavy atom. The van der Waals surface area contributed by atoms with E-state index in [1.807, 2.05) is 20.8 Å². The first-order valence-electron chi connectivity index (χ1n) is 6.75. The summed E-state index contributed by atoms with van der Waals surface area (Å²) < 4.78 is 18.8. The molecule has 110 valence electrons. The van der Waals surface area contributed by atoms with Gasteiger partial charge in [0, 0.05) is 12.6 Å². The second kappa shape index (κ2) is 5.31. The summed E-state index contributed by atoms with van der Waals surface area (Å²) in [5, 5.41) is 9.49. The fourth-order valence-electron chi connectivity index (χ4n) is 2.44. The molecule has 1 heterocycles. The Kier molecular flexibility index (Phi) is 3.88. The van der Waals surface area contributed by atoms with Gasteiger partial charge >= 0.3 is 6.09 Å². The summed E-state index contributed by atoms with van der Waals surface area (Å²) in [4.78, 5) is 13.8. The van der Waals surface area contributed by atoms with Crippen LogP contribution in [-0.4, -0.2) is 28.2 Å². The lowest BCUT2D eigenvalue weighted by Crippen LogP contribution is -2.36. The molecule has 1 aliphatic heterocycles. The van der Waals surface area contributed by atoms with Crippen LogP contribution in [0.1, 0.15) is 45.2 Å². The zero-order valence-electron chi connectivity index (χ0n) is 12.0. The number of ether oxygens (including phenoxy) is 1. The molecule has 1 saturated heterocycles. The second-order valence-corrected chi connectivity index (χ2v) is 6.07. The Hall–Kier alpha value is -1.78. The van der Waals surface area contributed by atoms with Crippen LogP contribution in [0.5, 0.6) is 5.75 Å². The molecule has 5 heteroatoms. The lowest BCUT2D eigenvalue weighted by molar-refractivity contribution is 0.0224. The van der Waals surface area contributed by atoms with E-state index in [4.69, 9.17) is 4.74 Å². The van der Waals surface area contributed by atoms with Gasteiger partial charge in [-0.1, -0.05) is 0 Å². The van der Waals surface area contributed by atoms with Gasteiger partial charge in [-0.05, 0) is 51.3 Å². The minimum absolute atomic E-state index is 0.129. The molecule has 1 amide bonds. The minimum atomic E-state index is -0.561. The van der Waals surface area contributed by atoms with E-state index in [2.05, 4.69) is 0 Å². The number of hydrogen-bond donors (Lipinski definition) is 1. The number of phenols is 1. The smallest absolute Gasteiger partial charge is 0.410 e. The normalized spacial score (nSPS) is 19.2. The average Bonchev–Trinajstić information content (AvgIpc) is 2.73. The van der Waals surface area contributed by atoms with E-state index in [-0.39, 0.29) is 11.8 Å². The van der Waals surface area contributed by atoms with E-state index < -0.39 is 17.5 Å². The minimum Gasteiger partial charge on any atom is -0.508 e. The van der Waals surface area contributed by atoms with Gasteiger partial charge in [-0.25, -0.2) is 9.18 Å². The van der Waals surface area contributed by atoms with Crippen molar-refractivity contribution < 1.29 is 19.0 Å². The van der Waals surface area contributed by atoms with Crippen molar-refractivity contribution in [3.8, 4) is 5.75 Å². The number of amides is 1. The molecular formula is C15H20FNO3. The number of carbonyl (C=O) groups is 1. The molecule has 4 nitrogen and oxygen atoms in total. The topological polar surface area (TPSA) is 49.8 Å². The molecule has 1 atom stereocenters. The molecular weight excluding hydrogens is 261 g/mol. The van der Waals surface area contributed by atoms with Gasteiger partial charge in [-0.15, -0.1) is 0 Å². The predicted molar refractivity (Wildman–Crippen MR) is 73.0 cm³/mol. The molecule has 0 bridgehead atoms. The standard InChI is InChI=1S/C15H20FNO3/c1-15(2,3)20-14(19)17-6-4-5-13(17)10-7-11(16)9-12(18)8-10/h7-9,13,18H,4-6H2,1-3H3/t13-/m1/s1. The van der Waals surface area contributed by atoms with Crippen LogP contribution < -0.4 is 0 Å². The van der Waals surface area contributed by atoms with E-state index in [9.17, 15) is 14.3 Å². The Labute approximate surface area is 118 Å². The van der Waals surface area contributed by atoms with E-state index in [1.54, 1.807) is 4.90 Å². The maximum Gasteiger partial charge on any atom is 0.410 e. The monoisotopic (exact) mass is 281 g/mol. The maximum atomic E-state index is 13.4. The highest BCUT2D eigenvalue weighted by Gasteiger charge is 2.33. The first-order chi connectivity index (χ1) is 9.26. The summed E-state index contributed by atoms with van der Waals surface area (Å²) in [5.41, 5.74) is 0.0414. The number of likely N-dealkylation sites (tertiary alicyclic amines) is 1. The maximum absolute atomic E-state index is 13.4. The van der Waals surface area contributed by atoms with Crippen molar-refractivity contribution in [2.75, 3.05) is 6.54 Å². The van der Waals surface area contributed by atoms with Crippen LogP contribution in [0.3, 0.4) is 0 Å². The van der Waals surface area contributed by atoms with Crippen LogP contribution in [-0.2, 0) is 4.74 Å². The Balaban J connectivity index is 2.20. The largest absolute Gasteiger partial charge is 0.508 e. The molecule has 1 fully saturated rings. The third-order valence-electron chi connectivity index (χ3n) is 3.17. The van der Waals surface area contributed by atoms with Gasteiger partial charge in [0.1, 0.15) is 17.2 Å². The molecule has 0 aromatic heterocycles. The number of hydrogen-bond acceptors (Lipinski definition) is 3. The highest BCUT2D eigenvalue weighted by atomic mass is 19.1. The van der Waals surface area contributed by atoms with Crippen LogP contribution in [0.4, 0.5) is 9.18 Å². The van der Waals surface area contributed by atoms with Gasteiger partial charge in [0.2, 0.25) is 0 Å². The van der Waals surface area contributed by atoms with Gasteiger partial charge in [0.25, 0.3) is 0 Å². The van der Waals surface area contributed by atoms with Gasteiger partial charge in [0.05, 0.1) is 6.04 Å². The van der Waals surface area contributed by atoms with Crippen LogP contribution in [0, 0.1) is 5.82 Å². The van der Waals surface area contributed by atoms with Crippen LogP contribution in [0.25, 0.3) is 0 Å². The molecule has 1 aromatic carbocycles. The van der Waals surface area contributed by atoms with Gasteiger partial charge < -0.3 is 14.7 Å². The van der Waals surface area contributed by atoms with Crippen molar-refractivity contribution in [2.45, 2.75) is 45.3 Å². The Bertz CT molecular complexity index is 490. The highest BCUT2D eigenvalue weighted by Crippen LogP contribution is 2.34. The number of carbonyl (C=O) groups excluding carboxylic acids is 1. The highest BCUT2D eigenvalue weighted by molar-refractivity contribution is 5.69. The molecule has 0 unspecified atom stereocenters. The summed E-state index contributed by atoms with van der Waals surface area (Å²) in [5.74, 6) is -0.632. The van der Waals surface area contributed by atoms with E-state index in [0.29, 0.717) is 12.1 Å². The van der Waals surface area contributed by atoms with Crippen LogP contribution in [0.15, 0.2) is 18.2 Å². The zero-order chi connectivity index (χ0) is 14.9. The van der Waals surface area contributed by atoms with Gasteiger partial charge in [0.15, 0.2) is 0 Å². The molecule has 1 aliphatic rings. The SMILES string of the molecule is CC(C)(C)OC(=O)N1CCC[C@@H]1c1cc(O)cc(F)c1. The van der Waals surface area contributed by atoms with Crippen molar-refractivity contribution in [3.05, 3.63) is 29.6 Å². The number of rotatable bonds is 1. The van der Waals surface area contributed by atoms with E-state index >= 15 is 0 Å². The summed E-state index contributed by atoms with van der Waals surface area (Å²) in [6.45, 7) is 6.01. The number of phenolic OH excluding ortho intramolecular Hbond substituents is 1. The number of nitrogens with zero attached hydrogens (tertiary/aromatic N) is 1. The quantitative estimate of drug-likeness (QED) is 0.855. The number of benzene rings is 1. The van der Waals surface area contributed by atoms with Crippen LogP contribution in [0.2, 0.25) is 0 Å². The lowest BCUT2D eigenvalue weighted by atomic mass is 10.0. The second-order valence-electron chi connectivity index (χ2n) is 6.07. The van der Waals surface area contributed by atoms with Crippen LogP contribution >= 0.6 is 0 Å². The fraction of sp³-hybridized carbons (Fsp3) is 0.533. The Morgan fingerprint density at radius 3 is 2.70 bits per heavy atom. The fourth-order valence-corrected chi connectivity index (χ4v) is 2.44. The van der Waals surface area contributed by atoms with Crippen molar-refractivity contribution in [3.63, 3.8) is 0 Å². The first kappa shape index (κ1) is 14.6. The summed E-state index contributed by atoms with van der Waals surface area (Å²) in [6.07, 6.45) is 1.17. The molecule has 0 aliphatic carbocycles. The molecule has 0 saturated carbocycles. The predicted octanol–water partition coefficient (Wildman–Crippen LogP) is 3.60. The summed E-state index contributed by atoms with van der Waals surface area (Å²) in [7, 11) is 0.